The van der Waals surface area contributed by atoms with Gasteiger partial charge in [-0.05, 0) is 30.7 Å². The van der Waals surface area contributed by atoms with E-state index in [1.54, 1.807) is 13.0 Å². The Bertz CT molecular complexity index is 593. The first-order chi connectivity index (χ1) is 9.43. The van der Waals surface area contributed by atoms with Crippen LogP contribution < -0.4 is 5.73 Å². The van der Waals surface area contributed by atoms with Gasteiger partial charge in [-0.15, -0.1) is 0 Å². The van der Waals surface area contributed by atoms with E-state index in [1.165, 1.54) is 23.5 Å². The van der Waals surface area contributed by atoms with E-state index in [9.17, 15) is 8.42 Å². The van der Waals surface area contributed by atoms with Crippen molar-refractivity contribution in [2.24, 2.45) is 0 Å². The van der Waals surface area contributed by atoms with E-state index in [0.29, 0.717) is 11.3 Å². The van der Waals surface area contributed by atoms with E-state index >= 15 is 0 Å². The lowest BCUT2D eigenvalue weighted by Crippen LogP contribution is -2.34. The lowest BCUT2D eigenvalue weighted by atomic mass is 10.2. The van der Waals surface area contributed by atoms with Crippen LogP contribution in [-0.2, 0) is 14.8 Å². The van der Waals surface area contributed by atoms with Crippen LogP contribution in [0.3, 0.4) is 0 Å². The summed E-state index contributed by atoms with van der Waals surface area (Å²) < 4.78 is 31.2. The van der Waals surface area contributed by atoms with Crippen LogP contribution in [0.1, 0.15) is 12.0 Å². The first-order valence-electron chi connectivity index (χ1n) is 6.15. The molecule has 0 aliphatic heterocycles. The van der Waals surface area contributed by atoms with Crippen LogP contribution in [0.4, 0.5) is 5.69 Å². The maximum Gasteiger partial charge on any atom is 0.243 e. The molecule has 110 valence electrons. The summed E-state index contributed by atoms with van der Waals surface area (Å²) >= 11 is 0. The van der Waals surface area contributed by atoms with Gasteiger partial charge in [0.05, 0.1) is 17.6 Å². The molecule has 0 spiro atoms. The van der Waals surface area contributed by atoms with Gasteiger partial charge >= 0.3 is 0 Å². The van der Waals surface area contributed by atoms with Gasteiger partial charge in [-0.25, -0.2) is 8.42 Å². The second-order valence-corrected chi connectivity index (χ2v) is 6.26. The quantitative estimate of drug-likeness (QED) is 0.761. The second kappa shape index (κ2) is 7.24. The molecule has 20 heavy (non-hydrogen) atoms. The van der Waals surface area contributed by atoms with E-state index < -0.39 is 10.0 Å². The number of anilines is 1. The minimum absolute atomic E-state index is 0.136. The van der Waals surface area contributed by atoms with E-state index in [4.69, 9.17) is 15.7 Å². The molecule has 0 heterocycles. The van der Waals surface area contributed by atoms with Crippen LogP contribution in [0.5, 0.6) is 0 Å². The smallest absolute Gasteiger partial charge is 0.243 e. The van der Waals surface area contributed by atoms with E-state index in [-0.39, 0.29) is 31.0 Å². The monoisotopic (exact) mass is 297 g/mol. The fourth-order valence-electron chi connectivity index (χ4n) is 1.68. The number of nitriles is 1. The number of nitrogens with two attached hydrogens (primary N) is 1. The van der Waals surface area contributed by atoms with Crippen molar-refractivity contribution in [3.63, 3.8) is 0 Å². The summed E-state index contributed by atoms with van der Waals surface area (Å²) in [6, 6.07) is 6.54. The Morgan fingerprint density at radius 1 is 1.40 bits per heavy atom. The molecule has 1 aromatic carbocycles. The van der Waals surface area contributed by atoms with Gasteiger partial charge in [0.15, 0.2) is 0 Å². The molecular weight excluding hydrogens is 278 g/mol. The minimum Gasteiger partial charge on any atom is -0.399 e. The zero-order chi connectivity index (χ0) is 15.2. The molecule has 0 aliphatic carbocycles. The third kappa shape index (κ3) is 3.93. The highest BCUT2D eigenvalue weighted by molar-refractivity contribution is 7.89. The number of methoxy groups -OCH3 is 1. The van der Waals surface area contributed by atoms with Gasteiger partial charge in [-0.3, -0.25) is 0 Å². The van der Waals surface area contributed by atoms with Crippen LogP contribution >= 0.6 is 0 Å². The molecule has 0 bridgehead atoms. The SMILES string of the molecule is COCCN(CCC#N)S(=O)(=O)c1ccc(N)c(C)c1. The molecule has 0 aliphatic rings. The third-order valence-corrected chi connectivity index (χ3v) is 4.79. The summed E-state index contributed by atoms with van der Waals surface area (Å²) in [6.45, 7) is 2.39. The van der Waals surface area contributed by atoms with Gasteiger partial charge in [0.25, 0.3) is 0 Å². The highest BCUT2D eigenvalue weighted by Crippen LogP contribution is 2.20. The molecule has 0 unspecified atom stereocenters. The third-order valence-electron chi connectivity index (χ3n) is 2.90. The van der Waals surface area contributed by atoms with Crippen LogP contribution in [0.2, 0.25) is 0 Å². The minimum atomic E-state index is -3.64. The van der Waals surface area contributed by atoms with E-state index in [1.807, 2.05) is 6.07 Å². The molecular formula is C13H19N3O3S. The number of nitrogen functional groups attached to an aromatic ring is 1. The van der Waals surface area contributed by atoms with Gasteiger partial charge in [-0.1, -0.05) is 0 Å². The number of sulfonamides is 1. The molecule has 0 aromatic heterocycles. The van der Waals surface area contributed by atoms with Crippen molar-refractivity contribution < 1.29 is 13.2 Å². The predicted molar refractivity (Wildman–Crippen MR) is 76.5 cm³/mol. The number of rotatable bonds is 7. The highest BCUT2D eigenvalue weighted by atomic mass is 32.2. The van der Waals surface area contributed by atoms with E-state index in [2.05, 4.69) is 0 Å². The maximum atomic E-state index is 12.5. The molecule has 1 aromatic rings. The predicted octanol–water partition coefficient (Wildman–Crippen LogP) is 1.13. The van der Waals surface area contributed by atoms with Gasteiger partial charge in [0, 0.05) is 32.3 Å². The average molecular weight is 297 g/mol. The Balaban J connectivity index is 3.07. The Labute approximate surface area is 119 Å². The number of aryl methyl sites for hydroxylation is 1. The lowest BCUT2D eigenvalue weighted by molar-refractivity contribution is 0.179. The highest BCUT2D eigenvalue weighted by Gasteiger charge is 2.24. The van der Waals surface area contributed by atoms with Gasteiger partial charge in [0.1, 0.15) is 0 Å². The molecule has 0 saturated carbocycles. The summed E-state index contributed by atoms with van der Waals surface area (Å²) in [6.07, 6.45) is 0.136. The molecule has 0 atom stereocenters. The topological polar surface area (TPSA) is 96.4 Å². The lowest BCUT2D eigenvalue weighted by Gasteiger charge is -2.21. The summed E-state index contributed by atoms with van der Waals surface area (Å²) in [7, 11) is -2.14. The fourth-order valence-corrected chi connectivity index (χ4v) is 3.19. The summed E-state index contributed by atoms with van der Waals surface area (Å²) in [5, 5.41) is 8.64. The zero-order valence-electron chi connectivity index (χ0n) is 11.7. The molecule has 0 fully saturated rings. The number of benzene rings is 1. The normalized spacial score (nSPS) is 11.5. The van der Waals surface area contributed by atoms with E-state index in [0.717, 1.165) is 0 Å². The van der Waals surface area contributed by atoms with Crippen LogP contribution in [-0.4, -0.2) is 39.5 Å². The standard InChI is InChI=1S/C13H19N3O3S/c1-11-10-12(4-5-13(11)15)20(17,18)16(7-3-6-14)8-9-19-2/h4-5,10H,3,7-9,15H2,1-2H3. The van der Waals surface area contributed by atoms with Crippen LogP contribution in [0.15, 0.2) is 23.1 Å². The van der Waals surface area contributed by atoms with Crippen molar-refractivity contribution in [3.8, 4) is 6.07 Å². The Kier molecular flexibility index (Phi) is 5.95. The van der Waals surface area contributed by atoms with Crippen molar-refractivity contribution in [1.82, 2.24) is 4.31 Å². The first kappa shape index (κ1) is 16.4. The second-order valence-electron chi connectivity index (χ2n) is 4.32. The average Bonchev–Trinajstić information content (AvgIpc) is 2.41. The van der Waals surface area contributed by atoms with Gasteiger partial charge in [0.2, 0.25) is 10.0 Å². The Morgan fingerprint density at radius 2 is 2.10 bits per heavy atom. The molecule has 2 N–H and O–H groups in total. The molecule has 1 rings (SSSR count). The van der Waals surface area contributed by atoms with Crippen molar-refractivity contribution in [1.29, 1.82) is 5.26 Å². The summed E-state index contributed by atoms with van der Waals surface area (Å²) in [5.41, 5.74) is 6.95. The first-order valence-corrected chi connectivity index (χ1v) is 7.59. The molecule has 6 nitrogen and oxygen atoms in total. The number of hydrogen-bond donors (Lipinski definition) is 1. The maximum absolute atomic E-state index is 12.5. The summed E-state index contributed by atoms with van der Waals surface area (Å²) in [5.74, 6) is 0. The number of hydrogen-bond acceptors (Lipinski definition) is 5. The molecule has 0 saturated heterocycles. The summed E-state index contributed by atoms with van der Waals surface area (Å²) in [4.78, 5) is 0.179. The number of nitrogens with zero attached hydrogens (tertiary/aromatic N) is 2. The number of ether oxygens (including phenoxy) is 1. The molecule has 0 radical (unpaired) electrons. The van der Waals surface area contributed by atoms with Crippen LogP contribution in [0, 0.1) is 18.3 Å². The zero-order valence-corrected chi connectivity index (χ0v) is 12.5. The largest absolute Gasteiger partial charge is 0.399 e. The van der Waals surface area contributed by atoms with Gasteiger partial charge in [-0.2, -0.15) is 9.57 Å². The van der Waals surface area contributed by atoms with Crippen molar-refractivity contribution in [3.05, 3.63) is 23.8 Å². The van der Waals surface area contributed by atoms with Crippen molar-refractivity contribution >= 4 is 15.7 Å². The molecule has 7 heteroatoms. The van der Waals surface area contributed by atoms with Crippen LogP contribution in [0.25, 0.3) is 0 Å². The van der Waals surface area contributed by atoms with Crippen molar-refractivity contribution in [2.45, 2.75) is 18.2 Å². The Hall–Kier alpha value is -1.62. The molecule has 0 amide bonds. The van der Waals surface area contributed by atoms with Crippen molar-refractivity contribution in [2.75, 3.05) is 32.5 Å². The Morgan fingerprint density at radius 3 is 2.65 bits per heavy atom. The fraction of sp³-hybridized carbons (Fsp3) is 0.462. The van der Waals surface area contributed by atoms with Gasteiger partial charge < -0.3 is 10.5 Å².